The van der Waals surface area contributed by atoms with E-state index in [-0.39, 0.29) is 11.4 Å². The average Bonchev–Trinajstić information content (AvgIpc) is 2.54. The third-order valence-electron chi connectivity index (χ3n) is 2.44. The molecule has 1 aliphatic rings. The minimum atomic E-state index is -0.610. The van der Waals surface area contributed by atoms with E-state index in [9.17, 15) is 4.79 Å². The fourth-order valence-electron chi connectivity index (χ4n) is 1.78. The van der Waals surface area contributed by atoms with Gasteiger partial charge >= 0.3 is 0 Å². The monoisotopic (exact) mass is 299 g/mol. The van der Waals surface area contributed by atoms with Crippen molar-refractivity contribution in [1.82, 2.24) is 10.6 Å². The Kier molecular flexibility index (Phi) is 3.74. The van der Waals surface area contributed by atoms with E-state index in [1.54, 1.807) is 18.2 Å². The van der Waals surface area contributed by atoms with Crippen LogP contribution in [-0.4, -0.2) is 17.4 Å². The van der Waals surface area contributed by atoms with Gasteiger partial charge in [0.2, 0.25) is 0 Å². The van der Waals surface area contributed by atoms with Crippen LogP contribution in [0.4, 0.5) is 0 Å². The molecule has 0 spiro atoms. The van der Waals surface area contributed by atoms with E-state index in [1.807, 2.05) is 20.8 Å². The van der Waals surface area contributed by atoms with Gasteiger partial charge in [0.1, 0.15) is 0 Å². The van der Waals surface area contributed by atoms with Crippen LogP contribution in [0.25, 0.3) is 0 Å². The highest BCUT2D eigenvalue weighted by Gasteiger charge is 2.29. The molecule has 0 aliphatic carbocycles. The predicted molar refractivity (Wildman–Crippen MR) is 77.7 cm³/mol. The molecule has 1 atom stereocenters. The number of nitrogens with one attached hydrogen (secondary N) is 2. The zero-order valence-corrected chi connectivity index (χ0v) is 12.4. The zero-order chi connectivity index (χ0) is 14.2. The van der Waals surface area contributed by atoms with E-state index < -0.39 is 6.04 Å². The molecule has 2 N–H and O–H groups in total. The first-order chi connectivity index (χ1) is 8.74. The molecule has 1 aromatic carbocycles. The van der Waals surface area contributed by atoms with Gasteiger partial charge in [-0.1, -0.05) is 23.2 Å². The third-order valence-corrected chi connectivity index (χ3v) is 2.88. The van der Waals surface area contributed by atoms with Gasteiger partial charge in [0.15, 0.2) is 12.0 Å². The molecule has 1 amide bonds. The summed E-state index contributed by atoms with van der Waals surface area (Å²) in [6.45, 7) is 5.97. The maximum atomic E-state index is 11.9. The van der Waals surface area contributed by atoms with Gasteiger partial charge in [-0.2, -0.15) is 0 Å². The van der Waals surface area contributed by atoms with E-state index >= 15 is 0 Å². The molecular formula is C13H15Cl2N3O. The first kappa shape index (κ1) is 14.2. The van der Waals surface area contributed by atoms with Gasteiger partial charge in [-0.3, -0.25) is 10.1 Å². The third kappa shape index (κ3) is 3.61. The molecule has 1 aromatic rings. The standard InChI is InChI=1S/C13H15Cl2N3O/c1-13(2,3)18-12-16-10(11(19)17-12)7-4-8(14)6-9(15)5-7/h4-6,10H,1-3H3,(H2,16,17,18,19). The number of halogens is 2. The van der Waals surface area contributed by atoms with Crippen LogP contribution in [0.2, 0.25) is 10.0 Å². The van der Waals surface area contributed by atoms with Crippen molar-refractivity contribution in [3.05, 3.63) is 33.8 Å². The molecule has 0 aromatic heterocycles. The van der Waals surface area contributed by atoms with Crippen molar-refractivity contribution in [2.75, 3.05) is 0 Å². The van der Waals surface area contributed by atoms with Crippen LogP contribution in [0.1, 0.15) is 32.4 Å². The fraction of sp³-hybridized carbons (Fsp3) is 0.385. The summed E-state index contributed by atoms with van der Waals surface area (Å²) < 4.78 is 0. The van der Waals surface area contributed by atoms with Crippen molar-refractivity contribution in [2.24, 2.45) is 4.99 Å². The summed E-state index contributed by atoms with van der Waals surface area (Å²) >= 11 is 11.9. The van der Waals surface area contributed by atoms with Crippen LogP contribution in [0.15, 0.2) is 23.2 Å². The first-order valence-corrected chi connectivity index (χ1v) is 6.63. The van der Waals surface area contributed by atoms with Crippen molar-refractivity contribution in [3.63, 3.8) is 0 Å². The second-order valence-electron chi connectivity index (χ2n) is 5.45. The second kappa shape index (κ2) is 5.02. The maximum absolute atomic E-state index is 11.9. The molecule has 19 heavy (non-hydrogen) atoms. The maximum Gasteiger partial charge on any atom is 0.256 e. The molecule has 0 saturated carbocycles. The number of guanidine groups is 1. The van der Waals surface area contributed by atoms with Crippen LogP contribution >= 0.6 is 23.2 Å². The zero-order valence-electron chi connectivity index (χ0n) is 10.9. The predicted octanol–water partition coefficient (Wildman–Crippen LogP) is 2.91. The van der Waals surface area contributed by atoms with Gasteiger partial charge in [-0.25, -0.2) is 4.99 Å². The van der Waals surface area contributed by atoms with E-state index in [1.165, 1.54) is 0 Å². The van der Waals surface area contributed by atoms with Crippen molar-refractivity contribution in [1.29, 1.82) is 0 Å². The lowest BCUT2D eigenvalue weighted by Gasteiger charge is -2.21. The smallest absolute Gasteiger partial charge is 0.256 e. The topological polar surface area (TPSA) is 53.5 Å². The molecule has 1 unspecified atom stereocenters. The van der Waals surface area contributed by atoms with E-state index in [0.717, 1.165) is 0 Å². The summed E-state index contributed by atoms with van der Waals surface area (Å²) in [4.78, 5) is 16.3. The van der Waals surface area contributed by atoms with Crippen LogP contribution in [0.5, 0.6) is 0 Å². The number of carbonyl (C=O) groups is 1. The molecule has 4 nitrogen and oxygen atoms in total. The number of benzene rings is 1. The second-order valence-corrected chi connectivity index (χ2v) is 6.32. The summed E-state index contributed by atoms with van der Waals surface area (Å²) in [5, 5.41) is 6.82. The molecule has 1 aliphatic heterocycles. The van der Waals surface area contributed by atoms with Crippen molar-refractivity contribution < 1.29 is 4.79 Å². The van der Waals surface area contributed by atoms with Crippen molar-refractivity contribution in [2.45, 2.75) is 32.4 Å². The van der Waals surface area contributed by atoms with E-state index in [0.29, 0.717) is 21.6 Å². The molecule has 102 valence electrons. The summed E-state index contributed by atoms with van der Waals surface area (Å²) in [5.41, 5.74) is 0.508. The lowest BCUT2D eigenvalue weighted by molar-refractivity contribution is -0.120. The fourth-order valence-corrected chi connectivity index (χ4v) is 2.33. The van der Waals surface area contributed by atoms with E-state index in [2.05, 4.69) is 15.6 Å². The van der Waals surface area contributed by atoms with Crippen molar-refractivity contribution >= 4 is 35.1 Å². The van der Waals surface area contributed by atoms with Gasteiger partial charge in [-0.05, 0) is 44.5 Å². The molecule has 0 saturated heterocycles. The number of amides is 1. The van der Waals surface area contributed by atoms with Gasteiger partial charge in [0.05, 0.1) is 0 Å². The Hall–Kier alpha value is -1.26. The Morgan fingerprint density at radius 2 is 1.79 bits per heavy atom. The molecule has 0 bridgehead atoms. The van der Waals surface area contributed by atoms with Crippen LogP contribution in [0, 0.1) is 0 Å². The van der Waals surface area contributed by atoms with Gasteiger partial charge in [0.25, 0.3) is 5.91 Å². The highest BCUT2D eigenvalue weighted by molar-refractivity contribution is 6.34. The Morgan fingerprint density at radius 3 is 2.32 bits per heavy atom. The lowest BCUT2D eigenvalue weighted by atomic mass is 10.1. The Labute approximate surface area is 122 Å². The molecule has 0 radical (unpaired) electrons. The quantitative estimate of drug-likeness (QED) is 0.838. The van der Waals surface area contributed by atoms with Crippen LogP contribution in [0.3, 0.4) is 0 Å². The molecule has 1 heterocycles. The normalized spacial score (nSPS) is 19.1. The summed E-state index contributed by atoms with van der Waals surface area (Å²) in [6.07, 6.45) is 0. The summed E-state index contributed by atoms with van der Waals surface area (Å²) in [5.74, 6) is 0.281. The Bertz CT molecular complexity index is 529. The molecule has 0 fully saturated rings. The van der Waals surface area contributed by atoms with Gasteiger partial charge in [0, 0.05) is 15.6 Å². The van der Waals surface area contributed by atoms with Crippen LogP contribution in [-0.2, 0) is 4.79 Å². The number of aliphatic imine (C=N–C) groups is 1. The molecular weight excluding hydrogens is 285 g/mol. The molecule has 6 heteroatoms. The van der Waals surface area contributed by atoms with E-state index in [4.69, 9.17) is 23.2 Å². The SMILES string of the molecule is CC(C)(C)NC1=NC(c2cc(Cl)cc(Cl)c2)C(=O)N1. The van der Waals surface area contributed by atoms with Crippen LogP contribution < -0.4 is 10.6 Å². The number of hydrogen-bond donors (Lipinski definition) is 2. The Morgan fingerprint density at radius 1 is 1.21 bits per heavy atom. The van der Waals surface area contributed by atoms with Gasteiger partial charge in [-0.15, -0.1) is 0 Å². The van der Waals surface area contributed by atoms with Crippen molar-refractivity contribution in [3.8, 4) is 0 Å². The highest BCUT2D eigenvalue weighted by Crippen LogP contribution is 2.27. The number of nitrogens with zero attached hydrogens (tertiary/aromatic N) is 1. The van der Waals surface area contributed by atoms with Gasteiger partial charge < -0.3 is 5.32 Å². The largest absolute Gasteiger partial charge is 0.351 e. The number of hydrogen-bond acceptors (Lipinski definition) is 3. The molecule has 2 rings (SSSR count). The summed E-state index contributed by atoms with van der Waals surface area (Å²) in [7, 11) is 0. The first-order valence-electron chi connectivity index (χ1n) is 5.87. The summed E-state index contributed by atoms with van der Waals surface area (Å²) in [6, 6.07) is 4.40. The Balaban J connectivity index is 2.27. The minimum Gasteiger partial charge on any atom is -0.351 e. The average molecular weight is 300 g/mol. The minimum absolute atomic E-state index is 0.174. The number of rotatable bonds is 1. The highest BCUT2D eigenvalue weighted by atomic mass is 35.5. The number of carbonyl (C=O) groups excluding carboxylic acids is 1. The lowest BCUT2D eigenvalue weighted by Crippen LogP contribution is -2.46.